The number of piperidine rings is 1. The molecule has 1 aromatic carbocycles. The van der Waals surface area contributed by atoms with Crippen molar-refractivity contribution >= 4 is 12.1 Å². The van der Waals surface area contributed by atoms with Crippen LogP contribution in [0.4, 0.5) is 9.59 Å². The minimum absolute atomic E-state index is 0.0799. The van der Waals surface area contributed by atoms with E-state index in [1.54, 1.807) is 0 Å². The highest BCUT2D eigenvalue weighted by Crippen LogP contribution is 2.36. The average molecular weight is 430 g/mol. The van der Waals surface area contributed by atoms with Gasteiger partial charge in [0.05, 0.1) is 30.9 Å². The van der Waals surface area contributed by atoms with Crippen LogP contribution in [0.5, 0.6) is 0 Å². The fourth-order valence-corrected chi connectivity index (χ4v) is 5.51. The number of ether oxygens (including phenoxy) is 2. The van der Waals surface area contributed by atoms with Crippen molar-refractivity contribution in [2.75, 3.05) is 26.3 Å². The van der Waals surface area contributed by atoms with Gasteiger partial charge in [0.25, 0.3) is 0 Å². The summed E-state index contributed by atoms with van der Waals surface area (Å²) in [4.78, 5) is 26.7. The van der Waals surface area contributed by atoms with Gasteiger partial charge in [0.1, 0.15) is 0 Å². The Kier molecular flexibility index (Phi) is 7.00. The lowest BCUT2D eigenvalue weighted by molar-refractivity contribution is -0.0525. The molecule has 3 fully saturated rings. The van der Waals surface area contributed by atoms with Crippen molar-refractivity contribution in [3.8, 4) is 0 Å². The predicted octanol–water partition coefficient (Wildman–Crippen LogP) is 3.79. The Morgan fingerprint density at radius 2 is 2.00 bits per heavy atom. The van der Waals surface area contributed by atoms with Gasteiger partial charge in [-0.3, -0.25) is 0 Å². The molecule has 1 aromatic rings. The number of alkyl carbamates (subject to hydrolysis) is 1. The van der Waals surface area contributed by atoms with Gasteiger partial charge in [-0.1, -0.05) is 30.3 Å². The molecule has 170 valence electrons. The van der Waals surface area contributed by atoms with Crippen LogP contribution in [0.3, 0.4) is 0 Å². The van der Waals surface area contributed by atoms with Crippen LogP contribution in [0.1, 0.15) is 63.4 Å². The molecule has 0 bridgehead atoms. The number of rotatable bonds is 5. The van der Waals surface area contributed by atoms with Gasteiger partial charge >= 0.3 is 12.1 Å². The lowest BCUT2D eigenvalue weighted by Gasteiger charge is -2.51. The van der Waals surface area contributed by atoms with E-state index in [-0.39, 0.29) is 18.2 Å². The molecule has 1 spiro atoms. The van der Waals surface area contributed by atoms with E-state index < -0.39 is 11.6 Å². The number of nitrogens with one attached hydrogen (secondary N) is 2. The molecule has 7 heteroatoms. The highest BCUT2D eigenvalue weighted by Gasteiger charge is 2.49. The van der Waals surface area contributed by atoms with Crippen LogP contribution in [0, 0.1) is 0 Å². The molecule has 3 aliphatic rings. The van der Waals surface area contributed by atoms with E-state index in [4.69, 9.17) is 9.47 Å². The third kappa shape index (κ3) is 4.97. The van der Waals surface area contributed by atoms with Crippen LogP contribution < -0.4 is 10.6 Å². The summed E-state index contributed by atoms with van der Waals surface area (Å²) in [6.45, 7) is 4.00. The highest BCUT2D eigenvalue weighted by molar-refractivity contribution is 5.75. The molecule has 0 radical (unpaired) electrons. The first kappa shape index (κ1) is 21.9. The van der Waals surface area contributed by atoms with Crippen LogP contribution in [0.2, 0.25) is 0 Å². The van der Waals surface area contributed by atoms with Crippen LogP contribution in [-0.2, 0) is 9.47 Å². The number of cyclic esters (lactones) is 1. The summed E-state index contributed by atoms with van der Waals surface area (Å²) in [5, 5.41) is 5.99. The fraction of sp³-hybridized carbons (Fsp3) is 0.667. The van der Waals surface area contributed by atoms with Gasteiger partial charge in [0.2, 0.25) is 0 Å². The molecule has 0 unspecified atom stereocenters. The minimum atomic E-state index is -0.472. The zero-order valence-corrected chi connectivity index (χ0v) is 18.5. The minimum Gasteiger partial charge on any atom is -0.449 e. The van der Waals surface area contributed by atoms with E-state index >= 15 is 0 Å². The number of likely N-dealkylation sites (tertiary alicyclic amines) is 1. The summed E-state index contributed by atoms with van der Waals surface area (Å²) in [5.74, 6) is 0.601. The van der Waals surface area contributed by atoms with Crippen LogP contribution in [-0.4, -0.2) is 61.0 Å². The van der Waals surface area contributed by atoms with Crippen molar-refractivity contribution in [3.05, 3.63) is 35.9 Å². The molecule has 31 heavy (non-hydrogen) atoms. The molecule has 0 aromatic heterocycles. The van der Waals surface area contributed by atoms with Crippen LogP contribution >= 0.6 is 0 Å². The van der Waals surface area contributed by atoms with Crippen molar-refractivity contribution < 1.29 is 19.1 Å². The molecular weight excluding hydrogens is 394 g/mol. The Hall–Kier alpha value is -2.28. The Balaban J connectivity index is 1.40. The number of urea groups is 1. The predicted molar refractivity (Wildman–Crippen MR) is 118 cm³/mol. The van der Waals surface area contributed by atoms with E-state index in [0.29, 0.717) is 38.6 Å². The zero-order chi connectivity index (χ0) is 21.7. The number of carbonyl (C=O) groups is 2. The van der Waals surface area contributed by atoms with Crippen molar-refractivity contribution in [2.24, 2.45) is 0 Å². The molecule has 4 rings (SSSR count). The zero-order valence-electron chi connectivity index (χ0n) is 18.5. The summed E-state index contributed by atoms with van der Waals surface area (Å²) in [5.41, 5.74) is 0.944. The average Bonchev–Trinajstić information content (AvgIpc) is 2.79. The SMILES string of the molecule is CCNC(=O)N1CCC[C@@]2(CCOC(=O)N2)[C@H]1COC1CCC(c2ccccc2)CC1. The van der Waals surface area contributed by atoms with Gasteiger partial charge in [-0.15, -0.1) is 0 Å². The summed E-state index contributed by atoms with van der Waals surface area (Å²) in [6.07, 6.45) is 6.49. The lowest BCUT2D eigenvalue weighted by Crippen LogP contribution is -2.70. The van der Waals surface area contributed by atoms with E-state index in [9.17, 15) is 9.59 Å². The number of hydrogen-bond acceptors (Lipinski definition) is 4. The molecule has 2 heterocycles. The van der Waals surface area contributed by atoms with Gasteiger partial charge in [0.15, 0.2) is 0 Å². The normalized spacial score (nSPS) is 31.1. The molecule has 2 aliphatic heterocycles. The van der Waals surface area contributed by atoms with Crippen LogP contribution in [0.25, 0.3) is 0 Å². The van der Waals surface area contributed by atoms with Gasteiger partial charge in [-0.2, -0.15) is 0 Å². The van der Waals surface area contributed by atoms with Crippen molar-refractivity contribution in [3.63, 3.8) is 0 Å². The first-order valence-corrected chi connectivity index (χ1v) is 11.8. The Bertz CT molecular complexity index is 746. The molecule has 1 saturated carbocycles. The Morgan fingerprint density at radius 3 is 2.71 bits per heavy atom. The summed E-state index contributed by atoms with van der Waals surface area (Å²) < 4.78 is 11.5. The van der Waals surface area contributed by atoms with Gasteiger partial charge in [0, 0.05) is 19.5 Å². The number of hydrogen-bond donors (Lipinski definition) is 2. The second kappa shape index (κ2) is 9.90. The van der Waals surface area contributed by atoms with Gasteiger partial charge in [-0.05, 0) is 56.9 Å². The van der Waals surface area contributed by atoms with Gasteiger partial charge < -0.3 is 25.0 Å². The lowest BCUT2D eigenvalue weighted by atomic mass is 9.78. The van der Waals surface area contributed by atoms with Crippen molar-refractivity contribution in [2.45, 2.75) is 75.5 Å². The molecule has 3 amide bonds. The maximum atomic E-state index is 12.8. The maximum absolute atomic E-state index is 12.8. The van der Waals surface area contributed by atoms with E-state index in [1.165, 1.54) is 5.56 Å². The second-order valence-electron chi connectivity index (χ2n) is 9.03. The molecule has 7 nitrogen and oxygen atoms in total. The fourth-order valence-electron chi connectivity index (χ4n) is 5.51. The third-order valence-corrected chi connectivity index (χ3v) is 7.19. The first-order valence-electron chi connectivity index (χ1n) is 11.8. The van der Waals surface area contributed by atoms with E-state index in [2.05, 4.69) is 41.0 Å². The number of benzene rings is 1. The largest absolute Gasteiger partial charge is 0.449 e. The maximum Gasteiger partial charge on any atom is 0.407 e. The molecule has 2 N–H and O–H groups in total. The number of amides is 3. The number of nitrogens with zero attached hydrogens (tertiary/aromatic N) is 1. The number of carbonyl (C=O) groups excluding carboxylic acids is 2. The highest BCUT2D eigenvalue weighted by atomic mass is 16.6. The van der Waals surface area contributed by atoms with Gasteiger partial charge in [-0.25, -0.2) is 9.59 Å². The summed E-state index contributed by atoms with van der Waals surface area (Å²) in [6, 6.07) is 10.5. The molecule has 1 aliphatic carbocycles. The molecule has 2 saturated heterocycles. The monoisotopic (exact) mass is 429 g/mol. The quantitative estimate of drug-likeness (QED) is 0.746. The molecular formula is C24H35N3O4. The van der Waals surface area contributed by atoms with Crippen molar-refractivity contribution in [1.82, 2.24) is 15.5 Å². The molecule has 2 atom stereocenters. The summed E-state index contributed by atoms with van der Waals surface area (Å²) >= 11 is 0. The van der Waals surface area contributed by atoms with E-state index in [1.807, 2.05) is 11.8 Å². The second-order valence-corrected chi connectivity index (χ2v) is 9.03. The topological polar surface area (TPSA) is 79.9 Å². The van der Waals surface area contributed by atoms with Crippen molar-refractivity contribution in [1.29, 1.82) is 0 Å². The third-order valence-electron chi connectivity index (χ3n) is 7.19. The smallest absolute Gasteiger partial charge is 0.407 e. The Labute approximate surface area is 184 Å². The standard InChI is InChI=1S/C24H35N3O4/c1-2-25-22(28)27-15-6-13-24(14-16-30-23(29)26-24)21(27)17-31-20-11-9-19(10-12-20)18-7-4-3-5-8-18/h3-5,7-8,19-21H,2,6,9-17H2,1H3,(H,25,28)(H,26,29)/t19?,20?,21-,24-/m1/s1. The Morgan fingerprint density at radius 1 is 1.23 bits per heavy atom. The van der Waals surface area contributed by atoms with Crippen LogP contribution in [0.15, 0.2) is 30.3 Å². The van der Waals surface area contributed by atoms with E-state index in [0.717, 1.165) is 38.5 Å². The first-order chi connectivity index (χ1) is 15.1. The summed E-state index contributed by atoms with van der Waals surface area (Å²) in [7, 11) is 0.